The number of hydrogen-bond donors (Lipinski definition) is 2. The summed E-state index contributed by atoms with van der Waals surface area (Å²) >= 11 is 0. The Hall–Kier alpha value is -3.55. The lowest BCUT2D eigenvalue weighted by molar-refractivity contribution is -0.118. The summed E-state index contributed by atoms with van der Waals surface area (Å²) in [5.74, 6) is 0.587. The predicted octanol–water partition coefficient (Wildman–Crippen LogP) is 2.59. The topological polar surface area (TPSA) is 103 Å². The predicted molar refractivity (Wildman–Crippen MR) is 97.4 cm³/mol. The van der Waals surface area contributed by atoms with E-state index in [1.807, 2.05) is 0 Å². The van der Waals surface area contributed by atoms with Gasteiger partial charge in [0.2, 0.25) is 12.7 Å². The van der Waals surface area contributed by atoms with E-state index in [-0.39, 0.29) is 25.1 Å². The molecule has 2 aromatic rings. The maximum absolute atomic E-state index is 12.2. The summed E-state index contributed by atoms with van der Waals surface area (Å²) < 4.78 is 16.0. The molecule has 1 aliphatic rings. The first-order valence-electron chi connectivity index (χ1n) is 8.17. The van der Waals surface area contributed by atoms with E-state index in [1.54, 1.807) is 36.4 Å². The number of carbonyl (C=O) groups is 3. The number of fused-ring (bicyclic) bond motifs is 1. The van der Waals surface area contributed by atoms with Crippen molar-refractivity contribution in [2.24, 2.45) is 0 Å². The van der Waals surface area contributed by atoms with Crippen LogP contribution in [0.15, 0.2) is 36.4 Å². The standard InChI is InChI=1S/C19H18N2O6/c1-11(22)15-7-17-18(27-10-26-17)8-16(15)21-19(24)9-25-14-5-3-13(4-6-14)20-12(2)23/h3-8H,9-10H2,1-2H3,(H,20,23)(H,21,24). The van der Waals surface area contributed by atoms with Crippen molar-refractivity contribution >= 4 is 29.0 Å². The molecule has 0 saturated heterocycles. The SMILES string of the molecule is CC(=O)Nc1ccc(OCC(=O)Nc2cc3c(cc2C(C)=O)OCO3)cc1. The molecule has 0 spiro atoms. The minimum Gasteiger partial charge on any atom is -0.484 e. The molecule has 1 heterocycles. The molecule has 0 atom stereocenters. The number of ether oxygens (including phenoxy) is 3. The highest BCUT2D eigenvalue weighted by Crippen LogP contribution is 2.37. The van der Waals surface area contributed by atoms with Gasteiger partial charge in [-0.05, 0) is 37.3 Å². The zero-order valence-corrected chi connectivity index (χ0v) is 14.8. The van der Waals surface area contributed by atoms with Crippen LogP contribution in [0.3, 0.4) is 0 Å². The highest BCUT2D eigenvalue weighted by molar-refractivity contribution is 6.04. The van der Waals surface area contributed by atoms with E-state index in [9.17, 15) is 14.4 Å². The Morgan fingerprint density at radius 2 is 1.67 bits per heavy atom. The lowest BCUT2D eigenvalue weighted by Gasteiger charge is -2.11. The quantitative estimate of drug-likeness (QED) is 0.758. The normalized spacial score (nSPS) is 11.6. The van der Waals surface area contributed by atoms with Gasteiger partial charge >= 0.3 is 0 Å². The second-order valence-corrected chi connectivity index (χ2v) is 5.85. The minimum atomic E-state index is -0.428. The summed E-state index contributed by atoms with van der Waals surface area (Å²) in [6.45, 7) is 2.65. The van der Waals surface area contributed by atoms with Gasteiger partial charge in [0.15, 0.2) is 23.9 Å². The van der Waals surface area contributed by atoms with E-state index in [4.69, 9.17) is 14.2 Å². The lowest BCUT2D eigenvalue weighted by Crippen LogP contribution is -2.21. The molecule has 0 aromatic heterocycles. The van der Waals surface area contributed by atoms with E-state index in [0.717, 1.165) is 0 Å². The number of rotatable bonds is 6. The first-order valence-corrected chi connectivity index (χ1v) is 8.17. The summed E-state index contributed by atoms with van der Waals surface area (Å²) in [6, 6.07) is 9.71. The van der Waals surface area contributed by atoms with Crippen LogP contribution >= 0.6 is 0 Å². The number of benzene rings is 2. The highest BCUT2D eigenvalue weighted by atomic mass is 16.7. The molecular formula is C19H18N2O6. The monoisotopic (exact) mass is 370 g/mol. The number of Topliss-reactive ketones (excluding diaryl/α,β-unsaturated/α-hetero) is 1. The Balaban J connectivity index is 1.62. The average molecular weight is 370 g/mol. The Morgan fingerprint density at radius 3 is 2.30 bits per heavy atom. The molecule has 0 saturated carbocycles. The van der Waals surface area contributed by atoms with Crippen molar-refractivity contribution < 1.29 is 28.6 Å². The first kappa shape index (κ1) is 18.2. The average Bonchev–Trinajstić information content (AvgIpc) is 3.07. The summed E-state index contributed by atoms with van der Waals surface area (Å²) in [6.07, 6.45) is 0. The van der Waals surface area contributed by atoms with Crippen LogP contribution in [-0.2, 0) is 9.59 Å². The molecule has 8 nitrogen and oxygen atoms in total. The Labute approximate surface area is 155 Å². The molecule has 3 rings (SSSR count). The van der Waals surface area contributed by atoms with Crippen molar-refractivity contribution in [1.82, 2.24) is 0 Å². The fourth-order valence-corrected chi connectivity index (χ4v) is 2.51. The largest absolute Gasteiger partial charge is 0.484 e. The fraction of sp³-hybridized carbons (Fsp3) is 0.211. The van der Waals surface area contributed by atoms with Gasteiger partial charge in [0.25, 0.3) is 5.91 Å². The molecule has 1 aliphatic heterocycles. The van der Waals surface area contributed by atoms with Crippen molar-refractivity contribution in [3.8, 4) is 17.2 Å². The van der Waals surface area contributed by atoms with Crippen molar-refractivity contribution in [1.29, 1.82) is 0 Å². The molecule has 2 aromatic carbocycles. The summed E-state index contributed by atoms with van der Waals surface area (Å²) in [7, 11) is 0. The number of amides is 2. The molecule has 140 valence electrons. The molecule has 0 aliphatic carbocycles. The van der Waals surface area contributed by atoms with Crippen LogP contribution in [0.25, 0.3) is 0 Å². The van der Waals surface area contributed by atoms with Gasteiger partial charge < -0.3 is 24.8 Å². The van der Waals surface area contributed by atoms with Crippen molar-refractivity contribution in [2.45, 2.75) is 13.8 Å². The van der Waals surface area contributed by atoms with E-state index in [1.165, 1.54) is 13.8 Å². The summed E-state index contributed by atoms with van der Waals surface area (Å²) in [5.41, 5.74) is 1.29. The van der Waals surface area contributed by atoms with Gasteiger partial charge in [0.1, 0.15) is 5.75 Å². The maximum atomic E-state index is 12.2. The maximum Gasteiger partial charge on any atom is 0.262 e. The number of carbonyl (C=O) groups excluding carboxylic acids is 3. The molecule has 8 heteroatoms. The number of ketones is 1. The van der Waals surface area contributed by atoms with Crippen LogP contribution in [0, 0.1) is 0 Å². The van der Waals surface area contributed by atoms with Crippen LogP contribution in [0.1, 0.15) is 24.2 Å². The summed E-state index contributed by atoms with van der Waals surface area (Å²) in [4.78, 5) is 35.0. The Morgan fingerprint density at radius 1 is 1.00 bits per heavy atom. The van der Waals surface area contributed by atoms with Crippen molar-refractivity contribution in [2.75, 3.05) is 24.0 Å². The molecule has 0 bridgehead atoms. The zero-order valence-electron chi connectivity index (χ0n) is 14.8. The number of hydrogen-bond acceptors (Lipinski definition) is 6. The van der Waals surface area contributed by atoms with Crippen LogP contribution < -0.4 is 24.8 Å². The smallest absolute Gasteiger partial charge is 0.262 e. The van der Waals surface area contributed by atoms with E-state index < -0.39 is 5.91 Å². The molecule has 2 N–H and O–H groups in total. The van der Waals surface area contributed by atoms with Crippen molar-refractivity contribution in [3.63, 3.8) is 0 Å². The lowest BCUT2D eigenvalue weighted by atomic mass is 10.1. The number of anilines is 2. The minimum absolute atomic E-state index is 0.0711. The summed E-state index contributed by atoms with van der Waals surface area (Å²) in [5, 5.41) is 5.29. The van der Waals surface area contributed by atoms with Crippen LogP contribution in [-0.4, -0.2) is 31.0 Å². The van der Waals surface area contributed by atoms with E-state index in [2.05, 4.69) is 10.6 Å². The van der Waals surface area contributed by atoms with Gasteiger partial charge in [-0.15, -0.1) is 0 Å². The van der Waals surface area contributed by atoms with Gasteiger partial charge in [-0.25, -0.2) is 0 Å². The molecule has 0 radical (unpaired) electrons. The molecule has 2 amide bonds. The molecule has 27 heavy (non-hydrogen) atoms. The Bertz CT molecular complexity index is 892. The second-order valence-electron chi connectivity index (χ2n) is 5.85. The van der Waals surface area contributed by atoms with Crippen LogP contribution in [0.2, 0.25) is 0 Å². The third-order valence-electron chi connectivity index (χ3n) is 3.71. The van der Waals surface area contributed by atoms with E-state index >= 15 is 0 Å². The fourth-order valence-electron chi connectivity index (χ4n) is 2.51. The first-order chi connectivity index (χ1) is 12.9. The zero-order chi connectivity index (χ0) is 19.4. The number of nitrogens with one attached hydrogen (secondary N) is 2. The van der Waals surface area contributed by atoms with Gasteiger partial charge in [-0.2, -0.15) is 0 Å². The van der Waals surface area contributed by atoms with Crippen molar-refractivity contribution in [3.05, 3.63) is 42.0 Å². The third kappa shape index (κ3) is 4.55. The third-order valence-corrected chi connectivity index (χ3v) is 3.71. The van der Waals surface area contributed by atoms with Gasteiger partial charge in [0, 0.05) is 24.2 Å². The van der Waals surface area contributed by atoms with Gasteiger partial charge in [-0.1, -0.05) is 0 Å². The molecule has 0 unspecified atom stereocenters. The van der Waals surface area contributed by atoms with Crippen LogP contribution in [0.5, 0.6) is 17.2 Å². The van der Waals surface area contributed by atoms with Gasteiger partial charge in [-0.3, -0.25) is 14.4 Å². The Kier molecular flexibility index (Phi) is 5.25. The second kappa shape index (κ2) is 7.77. The van der Waals surface area contributed by atoms with Crippen LogP contribution in [0.4, 0.5) is 11.4 Å². The highest BCUT2D eigenvalue weighted by Gasteiger charge is 2.20. The molecule has 0 fully saturated rings. The molecular weight excluding hydrogens is 352 g/mol. The van der Waals surface area contributed by atoms with Gasteiger partial charge in [0.05, 0.1) is 5.69 Å². The van der Waals surface area contributed by atoms with E-state index in [0.29, 0.717) is 34.2 Å².